The van der Waals surface area contributed by atoms with Crippen molar-refractivity contribution in [2.24, 2.45) is 0 Å². The van der Waals surface area contributed by atoms with E-state index in [1.807, 2.05) is 13.0 Å². The van der Waals surface area contributed by atoms with E-state index in [0.717, 1.165) is 5.39 Å². The molecular weight excluding hydrogens is 268 g/mol. The summed E-state index contributed by atoms with van der Waals surface area (Å²) in [5, 5.41) is 3.64. The van der Waals surface area contributed by atoms with Crippen LogP contribution < -0.4 is 10.1 Å². The number of carbonyl (C=O) groups is 1. The van der Waals surface area contributed by atoms with Gasteiger partial charge >= 0.3 is 0 Å². The molecule has 0 bridgehead atoms. The molecule has 0 radical (unpaired) electrons. The van der Waals surface area contributed by atoms with Gasteiger partial charge in [-0.05, 0) is 25.1 Å². The van der Waals surface area contributed by atoms with Crippen LogP contribution in [-0.2, 0) is 0 Å². The first kappa shape index (κ1) is 13.1. The van der Waals surface area contributed by atoms with E-state index in [9.17, 15) is 4.79 Å². The lowest BCUT2D eigenvalue weighted by molar-refractivity contribution is 0.102. The second-order valence-corrected chi connectivity index (χ2v) is 4.54. The maximum absolute atomic E-state index is 12.4. The highest BCUT2D eigenvalue weighted by Gasteiger charge is 2.14. The van der Waals surface area contributed by atoms with Crippen molar-refractivity contribution in [1.82, 2.24) is 15.0 Å². The predicted molar refractivity (Wildman–Crippen MR) is 79.6 cm³/mol. The van der Waals surface area contributed by atoms with E-state index in [4.69, 9.17) is 4.74 Å². The van der Waals surface area contributed by atoms with Gasteiger partial charge in [0, 0.05) is 23.8 Å². The third-order valence-corrected chi connectivity index (χ3v) is 3.21. The van der Waals surface area contributed by atoms with Crippen molar-refractivity contribution in [2.45, 2.75) is 6.92 Å². The van der Waals surface area contributed by atoms with Crippen molar-refractivity contribution in [3.8, 4) is 5.88 Å². The summed E-state index contributed by atoms with van der Waals surface area (Å²) in [6.45, 7) is 1.81. The van der Waals surface area contributed by atoms with Crippen LogP contribution >= 0.6 is 0 Å². The number of nitrogens with zero attached hydrogens (tertiary/aromatic N) is 2. The summed E-state index contributed by atoms with van der Waals surface area (Å²) in [5.74, 6) is 0.311. The number of pyridine rings is 2. The Labute approximate surface area is 121 Å². The van der Waals surface area contributed by atoms with Gasteiger partial charge in [0.2, 0.25) is 5.88 Å². The lowest BCUT2D eigenvalue weighted by atomic mass is 10.2. The van der Waals surface area contributed by atoms with Gasteiger partial charge < -0.3 is 15.0 Å². The molecule has 6 heteroatoms. The summed E-state index contributed by atoms with van der Waals surface area (Å²) in [6, 6.07) is 7.13. The van der Waals surface area contributed by atoms with Crippen LogP contribution in [0.3, 0.4) is 0 Å². The van der Waals surface area contributed by atoms with Crippen molar-refractivity contribution in [3.05, 3.63) is 47.9 Å². The zero-order chi connectivity index (χ0) is 14.8. The Morgan fingerprint density at radius 2 is 2.19 bits per heavy atom. The van der Waals surface area contributed by atoms with Crippen LogP contribution in [-0.4, -0.2) is 28.0 Å². The number of hydrogen-bond donors (Lipinski definition) is 2. The SMILES string of the molecule is COc1ccc(NC(=O)c2c[nH]c3ncccc23)c(C)n1. The Kier molecular flexibility index (Phi) is 3.27. The molecule has 0 saturated heterocycles. The molecule has 0 aliphatic carbocycles. The molecule has 3 aromatic rings. The highest BCUT2D eigenvalue weighted by atomic mass is 16.5. The fraction of sp³-hybridized carbons (Fsp3) is 0.133. The van der Waals surface area contributed by atoms with Crippen LogP contribution in [0.2, 0.25) is 0 Å². The van der Waals surface area contributed by atoms with Crippen molar-refractivity contribution >= 4 is 22.6 Å². The third-order valence-electron chi connectivity index (χ3n) is 3.21. The Balaban J connectivity index is 1.90. The quantitative estimate of drug-likeness (QED) is 0.773. The lowest BCUT2D eigenvalue weighted by Gasteiger charge is -2.08. The summed E-state index contributed by atoms with van der Waals surface area (Å²) in [5.41, 5.74) is 2.58. The summed E-state index contributed by atoms with van der Waals surface area (Å²) >= 11 is 0. The van der Waals surface area contributed by atoms with Gasteiger partial charge in [0.05, 0.1) is 24.1 Å². The van der Waals surface area contributed by atoms with Gasteiger partial charge in [-0.15, -0.1) is 0 Å². The Morgan fingerprint density at radius 1 is 1.33 bits per heavy atom. The number of carbonyl (C=O) groups excluding carboxylic acids is 1. The number of nitrogens with one attached hydrogen (secondary N) is 2. The number of hydrogen-bond acceptors (Lipinski definition) is 4. The second-order valence-electron chi connectivity index (χ2n) is 4.54. The molecule has 1 amide bonds. The third kappa shape index (κ3) is 2.43. The number of methoxy groups -OCH3 is 1. The van der Waals surface area contributed by atoms with E-state index in [2.05, 4.69) is 20.3 Å². The highest BCUT2D eigenvalue weighted by Crippen LogP contribution is 2.20. The van der Waals surface area contributed by atoms with Crippen molar-refractivity contribution < 1.29 is 9.53 Å². The topological polar surface area (TPSA) is 79.9 Å². The Hall–Kier alpha value is -2.89. The van der Waals surface area contributed by atoms with E-state index in [1.165, 1.54) is 0 Å². The number of aromatic amines is 1. The molecule has 2 N–H and O–H groups in total. The molecular formula is C15H14N4O2. The van der Waals surface area contributed by atoms with Gasteiger partial charge in [0.15, 0.2) is 0 Å². The second kappa shape index (κ2) is 5.24. The molecule has 3 aromatic heterocycles. The molecule has 3 rings (SSSR count). The molecule has 0 spiro atoms. The fourth-order valence-electron chi connectivity index (χ4n) is 2.12. The van der Waals surface area contributed by atoms with Crippen LogP contribution in [0.1, 0.15) is 16.1 Å². The molecule has 0 unspecified atom stereocenters. The summed E-state index contributed by atoms with van der Waals surface area (Å²) in [6.07, 6.45) is 3.33. The number of fused-ring (bicyclic) bond motifs is 1. The molecule has 6 nitrogen and oxygen atoms in total. The van der Waals surface area contributed by atoms with E-state index >= 15 is 0 Å². The first-order valence-electron chi connectivity index (χ1n) is 6.44. The minimum Gasteiger partial charge on any atom is -0.481 e. The molecule has 0 atom stereocenters. The standard InChI is InChI=1S/C15H14N4O2/c1-9-12(5-6-13(18-9)21-2)19-15(20)11-8-17-14-10(11)4-3-7-16-14/h3-8H,1-2H3,(H,16,17)(H,19,20). The van der Waals surface area contributed by atoms with Crippen molar-refractivity contribution in [1.29, 1.82) is 0 Å². The Bertz CT molecular complexity index is 810. The zero-order valence-electron chi connectivity index (χ0n) is 11.7. The van der Waals surface area contributed by atoms with Crippen LogP contribution in [0.25, 0.3) is 11.0 Å². The summed E-state index contributed by atoms with van der Waals surface area (Å²) in [7, 11) is 1.55. The average Bonchev–Trinajstić information content (AvgIpc) is 2.93. The number of amides is 1. The summed E-state index contributed by atoms with van der Waals surface area (Å²) in [4.78, 5) is 23.8. The number of H-pyrrole nitrogens is 1. The van der Waals surface area contributed by atoms with E-state index in [-0.39, 0.29) is 5.91 Å². The molecule has 0 saturated carbocycles. The molecule has 3 heterocycles. The molecule has 0 aromatic carbocycles. The molecule has 106 valence electrons. The molecule has 0 aliphatic rings. The van der Waals surface area contributed by atoms with E-state index in [1.54, 1.807) is 37.7 Å². The smallest absolute Gasteiger partial charge is 0.257 e. The number of ether oxygens (including phenoxy) is 1. The minimum absolute atomic E-state index is 0.204. The number of aromatic nitrogens is 3. The fourth-order valence-corrected chi connectivity index (χ4v) is 2.12. The van der Waals surface area contributed by atoms with Gasteiger partial charge in [0.25, 0.3) is 5.91 Å². The molecule has 21 heavy (non-hydrogen) atoms. The lowest BCUT2D eigenvalue weighted by Crippen LogP contribution is -2.12. The van der Waals surface area contributed by atoms with Gasteiger partial charge in [-0.2, -0.15) is 0 Å². The first-order valence-corrected chi connectivity index (χ1v) is 6.44. The van der Waals surface area contributed by atoms with Crippen LogP contribution in [0, 0.1) is 6.92 Å². The summed E-state index contributed by atoms with van der Waals surface area (Å²) < 4.78 is 5.05. The van der Waals surface area contributed by atoms with Crippen LogP contribution in [0.15, 0.2) is 36.7 Å². The average molecular weight is 282 g/mol. The predicted octanol–water partition coefficient (Wildman–Crippen LogP) is 2.53. The van der Waals surface area contributed by atoms with E-state index in [0.29, 0.717) is 28.5 Å². The number of aryl methyl sites for hydroxylation is 1. The van der Waals surface area contributed by atoms with Gasteiger partial charge in [0.1, 0.15) is 5.65 Å². The monoisotopic (exact) mass is 282 g/mol. The largest absolute Gasteiger partial charge is 0.481 e. The number of rotatable bonds is 3. The maximum Gasteiger partial charge on any atom is 0.257 e. The zero-order valence-corrected chi connectivity index (χ0v) is 11.7. The van der Waals surface area contributed by atoms with E-state index < -0.39 is 0 Å². The molecule has 0 aliphatic heterocycles. The normalized spacial score (nSPS) is 10.6. The van der Waals surface area contributed by atoms with Crippen molar-refractivity contribution in [3.63, 3.8) is 0 Å². The van der Waals surface area contributed by atoms with Gasteiger partial charge in [-0.1, -0.05) is 0 Å². The minimum atomic E-state index is -0.204. The van der Waals surface area contributed by atoms with Gasteiger partial charge in [-0.25, -0.2) is 9.97 Å². The maximum atomic E-state index is 12.4. The van der Waals surface area contributed by atoms with Crippen molar-refractivity contribution in [2.75, 3.05) is 12.4 Å². The Morgan fingerprint density at radius 3 is 2.95 bits per heavy atom. The first-order chi connectivity index (χ1) is 10.2. The van der Waals surface area contributed by atoms with Crippen LogP contribution in [0.5, 0.6) is 5.88 Å². The highest BCUT2D eigenvalue weighted by molar-refractivity contribution is 6.12. The molecule has 0 fully saturated rings. The number of anilines is 1. The van der Waals surface area contributed by atoms with Gasteiger partial charge in [-0.3, -0.25) is 4.79 Å². The van der Waals surface area contributed by atoms with Crippen LogP contribution in [0.4, 0.5) is 5.69 Å².